The van der Waals surface area contributed by atoms with Gasteiger partial charge < -0.3 is 15.7 Å². The van der Waals surface area contributed by atoms with E-state index in [1.54, 1.807) is 11.8 Å². The second kappa shape index (κ2) is 9.95. The molecule has 0 saturated carbocycles. The summed E-state index contributed by atoms with van der Waals surface area (Å²) in [6, 6.07) is -0.222. The number of aliphatic carboxylic acids is 1. The van der Waals surface area contributed by atoms with Crippen molar-refractivity contribution in [2.75, 3.05) is 19.3 Å². The Labute approximate surface area is 119 Å². The molecule has 2 amide bonds. The number of carbonyl (C=O) groups excluding carboxylic acids is 1. The van der Waals surface area contributed by atoms with Crippen LogP contribution in [0.15, 0.2) is 0 Å². The van der Waals surface area contributed by atoms with Crippen molar-refractivity contribution in [1.29, 1.82) is 0 Å². The van der Waals surface area contributed by atoms with Gasteiger partial charge in [-0.25, -0.2) is 4.79 Å². The Hall–Kier alpha value is -0.910. The van der Waals surface area contributed by atoms with Gasteiger partial charge in [-0.1, -0.05) is 20.8 Å². The van der Waals surface area contributed by atoms with E-state index >= 15 is 0 Å². The van der Waals surface area contributed by atoms with Crippen LogP contribution in [0.2, 0.25) is 0 Å². The van der Waals surface area contributed by atoms with Gasteiger partial charge in [-0.3, -0.25) is 4.79 Å². The second-order valence-electron chi connectivity index (χ2n) is 5.23. The third kappa shape index (κ3) is 10.7. The highest BCUT2D eigenvalue weighted by molar-refractivity contribution is 7.99. The maximum absolute atomic E-state index is 11.6. The molecule has 0 aliphatic heterocycles. The number of carbonyl (C=O) groups is 2. The van der Waals surface area contributed by atoms with Crippen LogP contribution in [0.5, 0.6) is 0 Å². The quantitative estimate of drug-likeness (QED) is 0.608. The van der Waals surface area contributed by atoms with Gasteiger partial charge in [0.15, 0.2) is 0 Å². The molecule has 0 saturated heterocycles. The molecule has 0 bridgehead atoms. The van der Waals surface area contributed by atoms with E-state index in [1.165, 1.54) is 0 Å². The standard InChI is InChI=1S/C13H26N2O3S/c1-9(2)5-11(6-12(16)17)8-15-13(18)14-7-10(3)19-4/h9-11H,5-8H2,1-4H3,(H,16,17)(H2,14,15,18)/t10?,11-/m0/s1. The monoisotopic (exact) mass is 290 g/mol. The zero-order valence-electron chi connectivity index (χ0n) is 12.2. The lowest BCUT2D eigenvalue weighted by atomic mass is 9.94. The van der Waals surface area contributed by atoms with Crippen LogP contribution in [0.25, 0.3) is 0 Å². The zero-order chi connectivity index (χ0) is 14.8. The SMILES string of the molecule is CSC(C)CNC(=O)NC[C@H](CC(=O)O)CC(C)C. The molecule has 2 atom stereocenters. The van der Waals surface area contributed by atoms with Crippen LogP contribution in [0, 0.1) is 11.8 Å². The molecular formula is C13H26N2O3S. The third-order valence-electron chi connectivity index (χ3n) is 2.77. The number of thioether (sulfide) groups is 1. The summed E-state index contributed by atoms with van der Waals surface area (Å²) in [5.41, 5.74) is 0. The molecule has 0 rings (SSSR count). The van der Waals surface area contributed by atoms with Crippen LogP contribution in [0.3, 0.4) is 0 Å². The predicted molar refractivity (Wildman–Crippen MR) is 79.6 cm³/mol. The van der Waals surface area contributed by atoms with Crippen LogP contribution >= 0.6 is 11.8 Å². The van der Waals surface area contributed by atoms with Gasteiger partial charge in [0.2, 0.25) is 0 Å². The molecule has 19 heavy (non-hydrogen) atoms. The number of carboxylic acids is 1. The van der Waals surface area contributed by atoms with Crippen LogP contribution in [-0.2, 0) is 4.79 Å². The summed E-state index contributed by atoms with van der Waals surface area (Å²) in [6.07, 6.45) is 2.89. The second-order valence-corrected chi connectivity index (χ2v) is 6.51. The van der Waals surface area contributed by atoms with Gasteiger partial charge in [-0.2, -0.15) is 11.8 Å². The van der Waals surface area contributed by atoms with E-state index in [1.807, 2.05) is 13.2 Å². The molecule has 0 heterocycles. The van der Waals surface area contributed by atoms with E-state index < -0.39 is 5.97 Å². The summed E-state index contributed by atoms with van der Waals surface area (Å²) in [6.45, 7) is 7.16. The van der Waals surface area contributed by atoms with Gasteiger partial charge in [-0.15, -0.1) is 0 Å². The first-order valence-electron chi connectivity index (χ1n) is 6.61. The molecule has 0 radical (unpaired) electrons. The fourth-order valence-corrected chi connectivity index (χ4v) is 2.02. The number of urea groups is 1. The Bertz CT molecular complexity index is 285. The first-order chi connectivity index (χ1) is 8.85. The van der Waals surface area contributed by atoms with Gasteiger partial charge >= 0.3 is 12.0 Å². The topological polar surface area (TPSA) is 78.4 Å². The van der Waals surface area contributed by atoms with Gasteiger partial charge in [0.1, 0.15) is 0 Å². The van der Waals surface area contributed by atoms with Gasteiger partial charge in [0, 0.05) is 24.8 Å². The highest BCUT2D eigenvalue weighted by Crippen LogP contribution is 2.14. The molecule has 0 aliphatic carbocycles. The number of hydrogen-bond acceptors (Lipinski definition) is 3. The average molecular weight is 290 g/mol. The van der Waals surface area contributed by atoms with Crippen molar-refractivity contribution in [3.63, 3.8) is 0 Å². The van der Waals surface area contributed by atoms with Crippen LogP contribution in [0.1, 0.15) is 33.6 Å². The van der Waals surface area contributed by atoms with Crippen molar-refractivity contribution < 1.29 is 14.7 Å². The molecule has 0 aliphatic rings. The summed E-state index contributed by atoms with van der Waals surface area (Å²) < 4.78 is 0. The van der Waals surface area contributed by atoms with Crippen LogP contribution < -0.4 is 10.6 Å². The molecule has 0 aromatic heterocycles. The number of nitrogens with one attached hydrogen (secondary N) is 2. The molecule has 0 aromatic carbocycles. The first kappa shape index (κ1) is 18.1. The number of carboxylic acid groups (broad SMARTS) is 1. The van der Waals surface area contributed by atoms with Crippen molar-refractivity contribution in [3.05, 3.63) is 0 Å². The number of amides is 2. The van der Waals surface area contributed by atoms with Gasteiger partial charge in [-0.05, 0) is 24.5 Å². The smallest absolute Gasteiger partial charge is 0.314 e. The van der Waals surface area contributed by atoms with E-state index in [4.69, 9.17) is 5.11 Å². The van der Waals surface area contributed by atoms with Crippen LogP contribution in [-0.4, -0.2) is 41.7 Å². The van der Waals surface area contributed by atoms with E-state index in [9.17, 15) is 9.59 Å². The van der Waals surface area contributed by atoms with E-state index in [0.29, 0.717) is 24.3 Å². The molecule has 0 fully saturated rings. The van der Waals surface area contributed by atoms with E-state index in [2.05, 4.69) is 24.5 Å². The number of hydrogen-bond donors (Lipinski definition) is 3. The van der Waals surface area contributed by atoms with Crippen LogP contribution in [0.4, 0.5) is 4.79 Å². The summed E-state index contributed by atoms with van der Waals surface area (Å²) in [5.74, 6) is -0.407. The molecule has 112 valence electrons. The Morgan fingerprint density at radius 1 is 1.16 bits per heavy atom. The Kier molecular flexibility index (Phi) is 9.47. The minimum atomic E-state index is -0.816. The predicted octanol–water partition coefficient (Wildman–Crippen LogP) is 2.17. The fraction of sp³-hybridized carbons (Fsp3) is 0.846. The summed E-state index contributed by atoms with van der Waals surface area (Å²) in [5, 5.41) is 14.7. The van der Waals surface area contributed by atoms with E-state index in [-0.39, 0.29) is 18.4 Å². The molecule has 0 spiro atoms. The fourth-order valence-electron chi connectivity index (χ4n) is 1.77. The Morgan fingerprint density at radius 3 is 2.21 bits per heavy atom. The highest BCUT2D eigenvalue weighted by Gasteiger charge is 2.16. The summed E-state index contributed by atoms with van der Waals surface area (Å²) in [4.78, 5) is 22.3. The Balaban J connectivity index is 4.01. The zero-order valence-corrected chi connectivity index (χ0v) is 13.0. The summed E-state index contributed by atoms with van der Waals surface area (Å²) in [7, 11) is 0. The van der Waals surface area contributed by atoms with Crippen molar-refractivity contribution >= 4 is 23.8 Å². The first-order valence-corrected chi connectivity index (χ1v) is 7.90. The lowest BCUT2D eigenvalue weighted by Gasteiger charge is -2.18. The third-order valence-corrected chi connectivity index (χ3v) is 3.74. The molecule has 5 nitrogen and oxygen atoms in total. The Morgan fingerprint density at radius 2 is 1.74 bits per heavy atom. The maximum Gasteiger partial charge on any atom is 0.314 e. The van der Waals surface area contributed by atoms with Gasteiger partial charge in [0.05, 0.1) is 0 Å². The van der Waals surface area contributed by atoms with Crippen molar-refractivity contribution in [2.24, 2.45) is 11.8 Å². The molecule has 3 N–H and O–H groups in total. The molecular weight excluding hydrogens is 264 g/mol. The normalized spacial score (nSPS) is 13.9. The lowest BCUT2D eigenvalue weighted by molar-refractivity contribution is -0.138. The largest absolute Gasteiger partial charge is 0.481 e. The molecule has 0 aromatic rings. The summed E-state index contributed by atoms with van der Waals surface area (Å²) >= 11 is 1.69. The van der Waals surface area contributed by atoms with E-state index in [0.717, 1.165) is 6.42 Å². The van der Waals surface area contributed by atoms with Crippen molar-refractivity contribution in [1.82, 2.24) is 10.6 Å². The molecule has 1 unspecified atom stereocenters. The minimum absolute atomic E-state index is 0.0128. The van der Waals surface area contributed by atoms with Gasteiger partial charge in [0.25, 0.3) is 0 Å². The minimum Gasteiger partial charge on any atom is -0.481 e. The number of rotatable bonds is 9. The highest BCUT2D eigenvalue weighted by atomic mass is 32.2. The lowest BCUT2D eigenvalue weighted by Crippen LogP contribution is -2.41. The van der Waals surface area contributed by atoms with Crippen molar-refractivity contribution in [2.45, 2.75) is 38.9 Å². The maximum atomic E-state index is 11.6. The molecule has 6 heteroatoms. The van der Waals surface area contributed by atoms with Crippen molar-refractivity contribution in [3.8, 4) is 0 Å². The average Bonchev–Trinajstić information content (AvgIpc) is 2.31.